The first-order valence-electron chi connectivity index (χ1n) is 16.5. The number of nitriles is 1. The lowest BCUT2D eigenvalue weighted by Crippen LogP contribution is -2.25. The summed E-state index contributed by atoms with van der Waals surface area (Å²) in [4.78, 5) is 9.57. The highest BCUT2D eigenvalue weighted by Crippen LogP contribution is 2.46. The zero-order valence-corrected chi connectivity index (χ0v) is 25.0. The Morgan fingerprint density at radius 3 is 1.92 bits per heavy atom. The van der Waals surface area contributed by atoms with Crippen LogP contribution in [0.15, 0.2) is 36.7 Å². The van der Waals surface area contributed by atoms with Crippen molar-refractivity contribution < 1.29 is 0 Å². The quantitative estimate of drug-likeness (QED) is 0.229. The van der Waals surface area contributed by atoms with Crippen molar-refractivity contribution in [3.05, 3.63) is 47.8 Å². The Morgan fingerprint density at radius 2 is 1.31 bits per heavy atom. The van der Waals surface area contributed by atoms with Crippen LogP contribution in [0.2, 0.25) is 0 Å². The van der Waals surface area contributed by atoms with Crippen LogP contribution in [0.3, 0.4) is 0 Å². The van der Waals surface area contributed by atoms with Crippen molar-refractivity contribution in [3.63, 3.8) is 0 Å². The van der Waals surface area contributed by atoms with E-state index in [1.165, 1.54) is 101 Å². The normalized spacial score (nSPS) is 25.3. The Labute approximate surface area is 239 Å². The van der Waals surface area contributed by atoms with E-state index in [9.17, 15) is 5.26 Å². The van der Waals surface area contributed by atoms with Gasteiger partial charge in [0.1, 0.15) is 0 Å². The van der Waals surface area contributed by atoms with Gasteiger partial charge in [-0.2, -0.15) is 5.26 Å². The minimum Gasteiger partial charge on any atom is -0.236 e. The lowest BCUT2D eigenvalue weighted by atomic mass is 9.67. The maximum Gasteiger partial charge on any atom is 0.159 e. The molecule has 0 radical (unpaired) electrons. The predicted molar refractivity (Wildman–Crippen MR) is 164 cm³/mol. The van der Waals surface area contributed by atoms with Crippen LogP contribution in [0.4, 0.5) is 0 Å². The highest BCUT2D eigenvalue weighted by molar-refractivity contribution is 5.55. The van der Waals surface area contributed by atoms with Crippen LogP contribution in [0.25, 0.3) is 11.4 Å². The third kappa shape index (κ3) is 8.64. The largest absolute Gasteiger partial charge is 0.236 e. The van der Waals surface area contributed by atoms with E-state index < -0.39 is 0 Å². The first-order valence-corrected chi connectivity index (χ1v) is 16.5. The number of nitrogens with zero attached hydrogens (tertiary/aromatic N) is 3. The van der Waals surface area contributed by atoms with Crippen LogP contribution in [0, 0.1) is 22.7 Å². The number of hydrogen-bond acceptors (Lipinski definition) is 3. The van der Waals surface area contributed by atoms with Crippen molar-refractivity contribution in [2.75, 3.05) is 0 Å². The van der Waals surface area contributed by atoms with Crippen molar-refractivity contribution in [2.24, 2.45) is 11.3 Å². The summed E-state index contributed by atoms with van der Waals surface area (Å²) in [7, 11) is 0. The molecule has 1 aromatic heterocycles. The molecule has 3 nitrogen and oxygen atoms in total. The molecule has 0 N–H and O–H groups in total. The average Bonchev–Trinajstić information content (AvgIpc) is 3.00. The van der Waals surface area contributed by atoms with E-state index in [2.05, 4.69) is 56.6 Å². The molecule has 4 rings (SSSR count). The van der Waals surface area contributed by atoms with Gasteiger partial charge in [-0.15, -0.1) is 0 Å². The summed E-state index contributed by atoms with van der Waals surface area (Å²) >= 11 is 0. The fraction of sp³-hybridized carbons (Fsp3) is 0.694. The minimum atomic E-state index is -0.0773. The molecule has 0 aliphatic heterocycles. The van der Waals surface area contributed by atoms with Gasteiger partial charge in [-0.25, -0.2) is 9.97 Å². The van der Waals surface area contributed by atoms with Gasteiger partial charge in [-0.1, -0.05) is 102 Å². The highest BCUT2D eigenvalue weighted by atomic mass is 14.9. The maximum absolute atomic E-state index is 9.96. The molecule has 0 atom stereocenters. The summed E-state index contributed by atoms with van der Waals surface area (Å²) in [6, 6.07) is 11.7. The highest BCUT2D eigenvalue weighted by Gasteiger charge is 2.35. The Balaban J connectivity index is 1.24. The molecule has 2 aliphatic carbocycles. The van der Waals surface area contributed by atoms with E-state index in [-0.39, 0.29) is 5.41 Å². The van der Waals surface area contributed by atoms with Crippen molar-refractivity contribution in [1.82, 2.24) is 9.97 Å². The van der Waals surface area contributed by atoms with Crippen LogP contribution in [-0.2, 0) is 0 Å². The summed E-state index contributed by atoms with van der Waals surface area (Å²) < 4.78 is 0. The molecule has 0 spiro atoms. The summed E-state index contributed by atoms with van der Waals surface area (Å²) in [5.74, 6) is 2.99. The van der Waals surface area contributed by atoms with Crippen molar-refractivity contribution in [3.8, 4) is 17.5 Å². The molecule has 0 bridgehead atoms. The Morgan fingerprint density at radius 1 is 0.718 bits per heavy atom. The molecule has 2 saturated carbocycles. The van der Waals surface area contributed by atoms with E-state index in [4.69, 9.17) is 9.97 Å². The van der Waals surface area contributed by atoms with Crippen LogP contribution < -0.4 is 0 Å². The Hall–Kier alpha value is -2.21. The number of benzene rings is 1. The number of aromatic nitrogens is 2. The van der Waals surface area contributed by atoms with Crippen LogP contribution >= 0.6 is 0 Å². The van der Waals surface area contributed by atoms with Gasteiger partial charge in [0.2, 0.25) is 0 Å². The Kier molecular flexibility index (Phi) is 11.9. The standard InChI is InChI=1S/C36H53N3/c1-3-5-7-9-11-23-36(28-37)24-21-32(22-25-36)30-17-19-33(20-18-30)35-38-26-34(27-39-35)31-15-13-29(14-16-31)12-10-8-6-4-2/h17-20,26-27,29,31-32H,3-16,21-25H2,1-2H3. The van der Waals surface area contributed by atoms with E-state index in [1.807, 2.05) is 0 Å². The van der Waals surface area contributed by atoms with E-state index in [0.717, 1.165) is 49.4 Å². The zero-order chi connectivity index (χ0) is 27.3. The lowest BCUT2D eigenvalue weighted by molar-refractivity contribution is 0.223. The monoisotopic (exact) mass is 527 g/mol. The molecule has 2 aliphatic rings. The smallest absolute Gasteiger partial charge is 0.159 e. The second-order valence-electron chi connectivity index (χ2n) is 12.9. The molecular weight excluding hydrogens is 474 g/mol. The molecule has 2 fully saturated rings. The van der Waals surface area contributed by atoms with Crippen molar-refractivity contribution in [2.45, 2.75) is 148 Å². The fourth-order valence-electron chi connectivity index (χ4n) is 7.23. The van der Waals surface area contributed by atoms with Gasteiger partial charge in [-0.05, 0) is 86.7 Å². The van der Waals surface area contributed by atoms with E-state index >= 15 is 0 Å². The lowest BCUT2D eigenvalue weighted by Gasteiger charge is -2.35. The second kappa shape index (κ2) is 15.5. The molecule has 0 saturated heterocycles. The van der Waals surface area contributed by atoms with Gasteiger partial charge in [0.15, 0.2) is 5.82 Å². The van der Waals surface area contributed by atoms with Crippen LogP contribution in [0.5, 0.6) is 0 Å². The van der Waals surface area contributed by atoms with Gasteiger partial charge in [-0.3, -0.25) is 0 Å². The molecule has 39 heavy (non-hydrogen) atoms. The molecule has 1 heterocycles. The van der Waals surface area contributed by atoms with Gasteiger partial charge in [0, 0.05) is 18.0 Å². The molecule has 2 aromatic rings. The first-order chi connectivity index (χ1) is 19.2. The first kappa shape index (κ1) is 29.8. The average molecular weight is 528 g/mol. The predicted octanol–water partition coefficient (Wildman–Crippen LogP) is 10.9. The Bertz CT molecular complexity index is 987. The SMILES string of the molecule is CCCCCCCC1(C#N)CCC(c2ccc(-c3ncc(C4CCC(CCCCCC)CC4)cn3)cc2)CC1. The fourth-order valence-corrected chi connectivity index (χ4v) is 7.23. The molecule has 1 aromatic carbocycles. The molecule has 0 amide bonds. The van der Waals surface area contributed by atoms with Crippen LogP contribution in [-0.4, -0.2) is 9.97 Å². The van der Waals surface area contributed by atoms with Gasteiger partial charge in [0.05, 0.1) is 11.5 Å². The molecule has 212 valence electrons. The summed E-state index contributed by atoms with van der Waals surface area (Å²) in [6.45, 7) is 4.55. The number of rotatable bonds is 14. The van der Waals surface area contributed by atoms with Gasteiger partial charge < -0.3 is 0 Å². The third-order valence-electron chi connectivity index (χ3n) is 10.0. The molecule has 0 unspecified atom stereocenters. The van der Waals surface area contributed by atoms with Crippen LogP contribution in [0.1, 0.15) is 159 Å². The third-order valence-corrected chi connectivity index (χ3v) is 10.0. The topological polar surface area (TPSA) is 49.6 Å². The number of unbranched alkanes of at least 4 members (excludes halogenated alkanes) is 7. The summed E-state index contributed by atoms with van der Waals surface area (Å²) in [5, 5.41) is 9.96. The molecule has 3 heteroatoms. The van der Waals surface area contributed by atoms with Crippen molar-refractivity contribution in [1.29, 1.82) is 5.26 Å². The van der Waals surface area contributed by atoms with Gasteiger partial charge >= 0.3 is 0 Å². The maximum atomic E-state index is 9.96. The van der Waals surface area contributed by atoms with Gasteiger partial charge in [0.25, 0.3) is 0 Å². The minimum absolute atomic E-state index is 0.0773. The van der Waals surface area contributed by atoms with E-state index in [0.29, 0.717) is 11.8 Å². The number of hydrogen-bond donors (Lipinski definition) is 0. The summed E-state index contributed by atoms with van der Waals surface area (Å²) in [6.07, 6.45) is 28.4. The van der Waals surface area contributed by atoms with E-state index in [1.54, 1.807) is 0 Å². The van der Waals surface area contributed by atoms with Crippen molar-refractivity contribution >= 4 is 0 Å². The molecular formula is C36H53N3. The summed E-state index contributed by atoms with van der Waals surface area (Å²) in [5.41, 5.74) is 3.77. The zero-order valence-electron chi connectivity index (χ0n) is 25.0. The second-order valence-corrected chi connectivity index (χ2v) is 12.9.